The number of piperidine rings is 2. The van der Waals surface area contributed by atoms with Crippen molar-refractivity contribution in [1.82, 2.24) is 25.2 Å². The number of carbonyl (C=O) groups is 1. The van der Waals surface area contributed by atoms with Gasteiger partial charge in [0.1, 0.15) is 11.0 Å². The third kappa shape index (κ3) is 3.65. The molecule has 0 aliphatic carbocycles. The fourth-order valence-electron chi connectivity index (χ4n) is 5.48. The van der Waals surface area contributed by atoms with Gasteiger partial charge in [-0.05, 0) is 49.7 Å². The topological polar surface area (TPSA) is 94.6 Å². The van der Waals surface area contributed by atoms with Crippen LogP contribution in [-0.2, 0) is 4.74 Å². The lowest BCUT2D eigenvalue weighted by atomic mass is 9.71. The summed E-state index contributed by atoms with van der Waals surface area (Å²) in [5.41, 5.74) is 2.07. The number of aliphatic hydroxyl groups is 1. The van der Waals surface area contributed by atoms with Gasteiger partial charge < -0.3 is 14.7 Å². The maximum Gasteiger partial charge on any atom is 0.256 e. The first-order valence-electron chi connectivity index (χ1n) is 10.7. The van der Waals surface area contributed by atoms with Crippen LogP contribution < -0.4 is 0 Å². The summed E-state index contributed by atoms with van der Waals surface area (Å²) in [4.78, 5) is 17.6. The van der Waals surface area contributed by atoms with Crippen molar-refractivity contribution in [3.63, 3.8) is 0 Å². The number of carbonyl (C=O) groups excluding carboxylic acids is 1. The second kappa shape index (κ2) is 7.66. The summed E-state index contributed by atoms with van der Waals surface area (Å²) in [6.45, 7) is 4.88. The van der Waals surface area contributed by atoms with E-state index in [2.05, 4.69) is 20.3 Å². The van der Waals surface area contributed by atoms with E-state index in [0.717, 1.165) is 71.5 Å². The number of H-pyrrole nitrogens is 1. The third-order valence-corrected chi connectivity index (χ3v) is 7.05. The van der Waals surface area contributed by atoms with Crippen molar-refractivity contribution >= 4 is 16.9 Å². The summed E-state index contributed by atoms with van der Waals surface area (Å²) in [5.74, 6) is 0.0250. The van der Waals surface area contributed by atoms with E-state index in [1.807, 2.05) is 23.1 Å². The average molecular weight is 399 g/mol. The van der Waals surface area contributed by atoms with E-state index >= 15 is 0 Å². The Kier molecular flexibility index (Phi) is 5.01. The predicted octanol–water partition coefficient (Wildman–Crippen LogP) is 1.43. The van der Waals surface area contributed by atoms with Gasteiger partial charge in [-0.3, -0.25) is 9.69 Å². The molecule has 1 spiro atoms. The summed E-state index contributed by atoms with van der Waals surface area (Å²) in [6.07, 6.45) is 4.53. The lowest BCUT2D eigenvalue weighted by molar-refractivity contribution is -0.0695. The van der Waals surface area contributed by atoms with E-state index in [4.69, 9.17) is 4.74 Å². The molecule has 1 atom stereocenters. The Morgan fingerprint density at radius 3 is 2.79 bits per heavy atom. The van der Waals surface area contributed by atoms with Crippen molar-refractivity contribution in [2.75, 3.05) is 39.4 Å². The standard InChI is InChI=1S/C21H29N5O3/c27-16-12-21(14-26(13-16)15-4-10-29-11-5-15)6-8-25(9-7-21)20(28)17-2-1-3-18-19(17)23-24-22-18/h1-3,15-16,27H,4-14H2,(H,22,23,24). The number of hydrogen-bond acceptors (Lipinski definition) is 6. The number of aromatic nitrogens is 3. The molecule has 3 aliphatic heterocycles. The Bertz CT molecular complexity index is 870. The van der Waals surface area contributed by atoms with Crippen molar-refractivity contribution < 1.29 is 14.6 Å². The summed E-state index contributed by atoms with van der Waals surface area (Å²) >= 11 is 0. The van der Waals surface area contributed by atoms with Gasteiger partial charge in [-0.2, -0.15) is 15.4 Å². The lowest BCUT2D eigenvalue weighted by Gasteiger charge is -2.51. The number of hydrogen-bond donors (Lipinski definition) is 2. The molecule has 2 N–H and O–H groups in total. The Balaban J connectivity index is 1.27. The number of aromatic amines is 1. The number of rotatable bonds is 2. The minimum Gasteiger partial charge on any atom is -0.392 e. The van der Waals surface area contributed by atoms with Gasteiger partial charge in [0.05, 0.1) is 11.7 Å². The highest BCUT2D eigenvalue weighted by Crippen LogP contribution is 2.41. The number of β-amino-alcohol motifs (C(OH)–C–C–N with tert-alkyl or cyclic N) is 1. The fraction of sp³-hybridized carbons (Fsp3) is 0.667. The number of benzene rings is 1. The van der Waals surface area contributed by atoms with E-state index in [0.29, 0.717) is 22.6 Å². The summed E-state index contributed by atoms with van der Waals surface area (Å²) in [6, 6.07) is 6.05. The van der Waals surface area contributed by atoms with Crippen molar-refractivity contribution in [3.05, 3.63) is 23.8 Å². The first-order chi connectivity index (χ1) is 14.1. The SMILES string of the molecule is O=C(c1cccc2n[nH]nc12)N1CCC2(CC1)CC(O)CN(C1CCOCC1)C2. The number of likely N-dealkylation sites (tertiary alicyclic amines) is 2. The minimum atomic E-state index is -0.280. The van der Waals surface area contributed by atoms with Gasteiger partial charge in [0, 0.05) is 45.4 Å². The number of nitrogens with zero attached hydrogens (tertiary/aromatic N) is 4. The highest BCUT2D eigenvalue weighted by molar-refractivity contribution is 6.04. The van der Waals surface area contributed by atoms with Crippen molar-refractivity contribution in [1.29, 1.82) is 0 Å². The second-order valence-corrected chi connectivity index (χ2v) is 8.92. The van der Waals surface area contributed by atoms with E-state index in [-0.39, 0.29) is 17.4 Å². The van der Waals surface area contributed by atoms with Gasteiger partial charge in [0.15, 0.2) is 0 Å². The first kappa shape index (κ1) is 19.0. The van der Waals surface area contributed by atoms with Crippen LogP contribution in [0, 0.1) is 5.41 Å². The van der Waals surface area contributed by atoms with Crippen LogP contribution in [0.2, 0.25) is 0 Å². The average Bonchev–Trinajstić information content (AvgIpc) is 3.23. The monoisotopic (exact) mass is 399 g/mol. The van der Waals surface area contributed by atoms with Gasteiger partial charge in [-0.15, -0.1) is 0 Å². The Morgan fingerprint density at radius 1 is 1.21 bits per heavy atom. The zero-order chi connectivity index (χ0) is 19.8. The molecule has 1 aromatic carbocycles. The van der Waals surface area contributed by atoms with Crippen molar-refractivity contribution in [2.24, 2.45) is 5.41 Å². The summed E-state index contributed by atoms with van der Waals surface area (Å²) < 4.78 is 5.52. The van der Waals surface area contributed by atoms with Crippen LogP contribution in [0.5, 0.6) is 0 Å². The predicted molar refractivity (Wildman–Crippen MR) is 107 cm³/mol. The van der Waals surface area contributed by atoms with Gasteiger partial charge in [-0.1, -0.05) is 6.07 Å². The maximum atomic E-state index is 13.1. The highest BCUT2D eigenvalue weighted by atomic mass is 16.5. The van der Waals surface area contributed by atoms with Gasteiger partial charge in [0.2, 0.25) is 0 Å². The van der Waals surface area contributed by atoms with Crippen molar-refractivity contribution in [3.8, 4) is 0 Å². The molecule has 0 radical (unpaired) electrons. The Morgan fingerprint density at radius 2 is 2.00 bits per heavy atom. The number of fused-ring (bicyclic) bond motifs is 1. The van der Waals surface area contributed by atoms with Crippen LogP contribution in [0.25, 0.3) is 11.0 Å². The molecule has 2 aromatic rings. The zero-order valence-corrected chi connectivity index (χ0v) is 16.7. The van der Waals surface area contributed by atoms with Crippen LogP contribution in [0.1, 0.15) is 42.5 Å². The lowest BCUT2D eigenvalue weighted by Crippen LogP contribution is -2.57. The number of nitrogens with one attached hydrogen (secondary N) is 1. The largest absolute Gasteiger partial charge is 0.392 e. The summed E-state index contributed by atoms with van der Waals surface area (Å²) in [5, 5.41) is 21.5. The summed E-state index contributed by atoms with van der Waals surface area (Å²) in [7, 11) is 0. The molecule has 3 saturated heterocycles. The molecule has 1 aromatic heterocycles. The van der Waals surface area contributed by atoms with Gasteiger partial charge in [0.25, 0.3) is 5.91 Å². The third-order valence-electron chi connectivity index (χ3n) is 7.05. The Labute approximate surface area is 170 Å². The molecule has 0 bridgehead atoms. The molecule has 0 saturated carbocycles. The molecule has 4 heterocycles. The first-order valence-corrected chi connectivity index (χ1v) is 10.7. The van der Waals surface area contributed by atoms with Crippen LogP contribution in [0.15, 0.2) is 18.2 Å². The van der Waals surface area contributed by atoms with Crippen molar-refractivity contribution in [2.45, 2.75) is 44.2 Å². The van der Waals surface area contributed by atoms with Crippen LogP contribution in [0.3, 0.4) is 0 Å². The highest BCUT2D eigenvalue weighted by Gasteiger charge is 2.44. The number of aliphatic hydroxyl groups excluding tert-OH is 1. The van der Waals surface area contributed by atoms with Crippen LogP contribution in [-0.4, -0.2) is 87.8 Å². The van der Waals surface area contributed by atoms with E-state index in [1.165, 1.54) is 0 Å². The van der Waals surface area contributed by atoms with Crippen LogP contribution in [0.4, 0.5) is 0 Å². The smallest absolute Gasteiger partial charge is 0.256 e. The molecule has 3 aliphatic rings. The normalized spacial score (nSPS) is 26.2. The molecule has 5 rings (SSSR count). The maximum absolute atomic E-state index is 13.1. The number of para-hydroxylation sites is 1. The van der Waals surface area contributed by atoms with Gasteiger partial charge >= 0.3 is 0 Å². The van der Waals surface area contributed by atoms with E-state index in [1.54, 1.807) is 0 Å². The molecular weight excluding hydrogens is 370 g/mol. The molecule has 1 amide bonds. The molecule has 8 nitrogen and oxygen atoms in total. The molecule has 3 fully saturated rings. The molecule has 156 valence electrons. The molecule has 29 heavy (non-hydrogen) atoms. The van der Waals surface area contributed by atoms with Gasteiger partial charge in [-0.25, -0.2) is 0 Å². The zero-order valence-electron chi connectivity index (χ0n) is 16.7. The molecule has 1 unspecified atom stereocenters. The fourth-order valence-corrected chi connectivity index (χ4v) is 5.48. The number of amides is 1. The molecular formula is C21H29N5O3. The second-order valence-electron chi connectivity index (χ2n) is 8.92. The van der Waals surface area contributed by atoms with Crippen LogP contribution >= 0.6 is 0 Å². The molecule has 8 heteroatoms. The number of ether oxygens (including phenoxy) is 1. The minimum absolute atomic E-state index is 0.0250. The van der Waals surface area contributed by atoms with E-state index in [9.17, 15) is 9.90 Å². The Hall–Kier alpha value is -2.03. The van der Waals surface area contributed by atoms with E-state index < -0.39 is 0 Å². The quantitative estimate of drug-likeness (QED) is 0.793.